The Bertz CT molecular complexity index is 894. The number of benzene rings is 1. The molecule has 1 aromatic heterocycles. The number of rotatable bonds is 8. The summed E-state index contributed by atoms with van der Waals surface area (Å²) in [5.74, 6) is 0.859. The van der Waals surface area contributed by atoms with Crippen LogP contribution in [0.3, 0.4) is 0 Å². The summed E-state index contributed by atoms with van der Waals surface area (Å²) in [4.78, 5) is 27.8. The molecular formula is C26H36N2O4. The Hall–Kier alpha value is -2.60. The highest BCUT2D eigenvalue weighted by Crippen LogP contribution is 2.37. The van der Waals surface area contributed by atoms with Gasteiger partial charge in [0.15, 0.2) is 0 Å². The molecular weight excluding hydrogens is 404 g/mol. The van der Waals surface area contributed by atoms with Crippen molar-refractivity contribution < 1.29 is 19.1 Å². The fraction of sp³-hybridized carbons (Fsp3) is 0.538. The van der Waals surface area contributed by atoms with E-state index in [9.17, 15) is 9.59 Å². The number of hydrogen-bond acceptors (Lipinski definition) is 4. The zero-order chi connectivity index (χ0) is 23.3. The summed E-state index contributed by atoms with van der Waals surface area (Å²) in [5, 5.41) is 2.72. The van der Waals surface area contributed by atoms with Gasteiger partial charge in [0.25, 0.3) is 0 Å². The normalized spacial score (nSPS) is 23.2. The van der Waals surface area contributed by atoms with Crippen molar-refractivity contribution in [2.75, 3.05) is 11.9 Å². The minimum absolute atomic E-state index is 0.128. The van der Waals surface area contributed by atoms with E-state index in [0.717, 1.165) is 18.4 Å². The summed E-state index contributed by atoms with van der Waals surface area (Å²) in [6.45, 7) is 11.1. The number of ether oxygens (including phenoxy) is 2. The van der Waals surface area contributed by atoms with Gasteiger partial charge in [-0.25, -0.2) is 4.79 Å². The molecule has 0 saturated heterocycles. The van der Waals surface area contributed by atoms with E-state index in [4.69, 9.17) is 9.47 Å². The van der Waals surface area contributed by atoms with Gasteiger partial charge in [0, 0.05) is 19.7 Å². The van der Waals surface area contributed by atoms with Crippen molar-refractivity contribution in [3.05, 3.63) is 53.2 Å². The van der Waals surface area contributed by atoms with Crippen molar-refractivity contribution in [2.24, 2.45) is 17.8 Å². The van der Waals surface area contributed by atoms with Gasteiger partial charge in [-0.15, -0.1) is 0 Å². The highest BCUT2D eigenvalue weighted by Gasteiger charge is 2.37. The van der Waals surface area contributed by atoms with E-state index in [-0.39, 0.29) is 35.7 Å². The van der Waals surface area contributed by atoms with E-state index in [1.165, 1.54) is 12.5 Å². The zero-order valence-corrected chi connectivity index (χ0v) is 19.8. The highest BCUT2D eigenvalue weighted by atomic mass is 16.5. The second-order valence-corrected chi connectivity index (χ2v) is 9.49. The Morgan fingerprint density at radius 1 is 1.12 bits per heavy atom. The molecule has 6 heteroatoms. The fourth-order valence-corrected chi connectivity index (χ4v) is 4.83. The third-order valence-corrected chi connectivity index (χ3v) is 6.28. The average Bonchev–Trinajstić information content (AvgIpc) is 3.14. The summed E-state index contributed by atoms with van der Waals surface area (Å²) in [6.07, 6.45) is 3.54. The number of aromatic nitrogens is 1. The van der Waals surface area contributed by atoms with Crippen LogP contribution < -0.4 is 5.32 Å². The van der Waals surface area contributed by atoms with Crippen LogP contribution in [-0.4, -0.2) is 29.6 Å². The fourth-order valence-electron chi connectivity index (χ4n) is 4.83. The Morgan fingerprint density at radius 3 is 2.38 bits per heavy atom. The molecule has 32 heavy (non-hydrogen) atoms. The standard InChI is InChI=1S/C26H36N2O4/c1-16(2)22-13-27-25(28-19(5)29)23(22)26(30)32-24-17(3)11-21(12-18(24)4)15-31-14-20-9-7-6-8-10-20/h6-10,13,16-18,21,24,27H,11-12,14-15H2,1-5H3,(H,28,29). The quantitative estimate of drug-likeness (QED) is 0.530. The molecule has 1 aliphatic rings. The monoisotopic (exact) mass is 440 g/mol. The molecule has 3 rings (SSSR count). The number of hydrogen-bond donors (Lipinski definition) is 2. The van der Waals surface area contributed by atoms with Crippen molar-refractivity contribution in [1.29, 1.82) is 0 Å². The smallest absolute Gasteiger partial charge is 0.342 e. The zero-order valence-electron chi connectivity index (χ0n) is 19.8. The molecule has 0 bridgehead atoms. The number of carbonyl (C=O) groups is 2. The van der Waals surface area contributed by atoms with E-state index in [2.05, 4.69) is 36.3 Å². The van der Waals surface area contributed by atoms with Crippen LogP contribution in [0.4, 0.5) is 5.82 Å². The third-order valence-electron chi connectivity index (χ3n) is 6.28. The van der Waals surface area contributed by atoms with Gasteiger partial charge >= 0.3 is 5.97 Å². The average molecular weight is 441 g/mol. The van der Waals surface area contributed by atoms with Crippen LogP contribution in [0.2, 0.25) is 0 Å². The summed E-state index contributed by atoms with van der Waals surface area (Å²) in [5.41, 5.74) is 2.46. The Labute approximate surface area is 191 Å². The van der Waals surface area contributed by atoms with Gasteiger partial charge in [-0.05, 0) is 47.6 Å². The summed E-state index contributed by atoms with van der Waals surface area (Å²) < 4.78 is 12.0. The van der Waals surface area contributed by atoms with Crippen molar-refractivity contribution in [3.63, 3.8) is 0 Å². The number of esters is 1. The van der Waals surface area contributed by atoms with Crippen LogP contribution in [0, 0.1) is 17.8 Å². The molecule has 0 spiro atoms. The van der Waals surface area contributed by atoms with Crippen LogP contribution in [-0.2, 0) is 20.9 Å². The number of nitrogens with one attached hydrogen (secondary N) is 2. The number of H-pyrrole nitrogens is 1. The first-order valence-electron chi connectivity index (χ1n) is 11.6. The minimum Gasteiger partial charge on any atom is -0.458 e. The molecule has 2 unspecified atom stereocenters. The first kappa shape index (κ1) is 24.1. The molecule has 2 aromatic rings. The lowest BCUT2D eigenvalue weighted by molar-refractivity contribution is -0.114. The second-order valence-electron chi connectivity index (χ2n) is 9.49. The topological polar surface area (TPSA) is 80.4 Å². The number of aromatic amines is 1. The molecule has 2 atom stereocenters. The molecule has 1 saturated carbocycles. The molecule has 6 nitrogen and oxygen atoms in total. The first-order chi connectivity index (χ1) is 15.3. The molecule has 1 heterocycles. The van der Waals surface area contributed by atoms with Crippen molar-refractivity contribution in [3.8, 4) is 0 Å². The van der Waals surface area contributed by atoms with Crippen LogP contribution in [0.5, 0.6) is 0 Å². The van der Waals surface area contributed by atoms with Gasteiger partial charge in [-0.2, -0.15) is 0 Å². The lowest BCUT2D eigenvalue weighted by atomic mass is 9.74. The SMILES string of the molecule is CC(=O)Nc1[nH]cc(C(C)C)c1C(=O)OC1C(C)CC(COCc2ccccc2)CC1C. The van der Waals surface area contributed by atoms with Gasteiger partial charge in [-0.1, -0.05) is 58.0 Å². The Morgan fingerprint density at radius 2 is 1.78 bits per heavy atom. The molecule has 0 aliphatic heterocycles. The van der Waals surface area contributed by atoms with Crippen LogP contribution in [0.25, 0.3) is 0 Å². The van der Waals surface area contributed by atoms with Gasteiger partial charge in [0.05, 0.1) is 6.61 Å². The molecule has 174 valence electrons. The lowest BCUT2D eigenvalue weighted by Gasteiger charge is -2.38. The third kappa shape index (κ3) is 6.00. The summed E-state index contributed by atoms with van der Waals surface area (Å²) >= 11 is 0. The highest BCUT2D eigenvalue weighted by molar-refractivity contribution is 6.01. The second kappa shape index (κ2) is 10.8. The van der Waals surface area contributed by atoms with Crippen LogP contribution in [0.1, 0.15) is 74.9 Å². The van der Waals surface area contributed by atoms with Crippen molar-refractivity contribution >= 4 is 17.7 Å². The van der Waals surface area contributed by atoms with E-state index >= 15 is 0 Å². The molecule has 1 fully saturated rings. The van der Waals surface area contributed by atoms with Gasteiger partial charge in [0.1, 0.15) is 17.5 Å². The van der Waals surface area contributed by atoms with E-state index in [1.54, 1.807) is 6.20 Å². The number of carbonyl (C=O) groups excluding carboxylic acids is 2. The first-order valence-corrected chi connectivity index (χ1v) is 11.6. The van der Waals surface area contributed by atoms with Gasteiger partial charge < -0.3 is 19.8 Å². The predicted octanol–water partition coefficient (Wildman–Crippen LogP) is 5.52. The van der Waals surface area contributed by atoms with Crippen LogP contribution >= 0.6 is 0 Å². The Kier molecular flexibility index (Phi) is 8.13. The maximum absolute atomic E-state index is 13.2. The molecule has 2 N–H and O–H groups in total. The van der Waals surface area contributed by atoms with Crippen LogP contribution in [0.15, 0.2) is 36.5 Å². The summed E-state index contributed by atoms with van der Waals surface area (Å²) in [6, 6.07) is 10.2. The maximum atomic E-state index is 13.2. The Balaban J connectivity index is 1.60. The lowest BCUT2D eigenvalue weighted by Crippen LogP contribution is -2.39. The maximum Gasteiger partial charge on any atom is 0.342 e. The van der Waals surface area contributed by atoms with Crippen molar-refractivity contribution in [2.45, 2.75) is 66.1 Å². The minimum atomic E-state index is -0.374. The molecule has 1 aliphatic carbocycles. The predicted molar refractivity (Wildman–Crippen MR) is 126 cm³/mol. The number of anilines is 1. The largest absolute Gasteiger partial charge is 0.458 e. The number of amides is 1. The van der Waals surface area contributed by atoms with E-state index in [1.807, 2.05) is 32.0 Å². The molecule has 1 aromatic carbocycles. The summed E-state index contributed by atoms with van der Waals surface area (Å²) in [7, 11) is 0. The molecule has 1 amide bonds. The van der Waals surface area contributed by atoms with Crippen molar-refractivity contribution in [1.82, 2.24) is 4.98 Å². The van der Waals surface area contributed by atoms with Gasteiger partial charge in [-0.3, -0.25) is 4.79 Å². The van der Waals surface area contributed by atoms with Gasteiger partial charge in [0.2, 0.25) is 5.91 Å². The van der Waals surface area contributed by atoms with E-state index in [0.29, 0.717) is 30.5 Å². The molecule has 0 radical (unpaired) electrons. The van der Waals surface area contributed by atoms with E-state index < -0.39 is 0 Å².